The number of nitrogens with zero attached hydrogens (tertiary/aromatic N) is 6. The SMILES string of the molecule is Cc1ccc([C@H](c2nnnn2Cc2ccco2)N2CCN(c3ccc(F)cc3)CC2)cc1. The number of hydrogen-bond donors (Lipinski definition) is 0. The van der Waals surface area contributed by atoms with Gasteiger partial charge in [0.15, 0.2) is 5.82 Å². The second-order valence-corrected chi connectivity index (χ2v) is 8.09. The first-order valence-electron chi connectivity index (χ1n) is 10.8. The first kappa shape index (κ1) is 20.4. The lowest BCUT2D eigenvalue weighted by Gasteiger charge is -2.40. The normalized spacial score (nSPS) is 15.8. The van der Waals surface area contributed by atoms with Crippen LogP contribution in [0.15, 0.2) is 71.3 Å². The van der Waals surface area contributed by atoms with Crippen molar-refractivity contribution in [1.29, 1.82) is 0 Å². The van der Waals surface area contributed by atoms with Crippen LogP contribution in [-0.4, -0.2) is 51.3 Å². The van der Waals surface area contributed by atoms with Gasteiger partial charge in [0.2, 0.25) is 0 Å². The lowest BCUT2D eigenvalue weighted by molar-refractivity contribution is 0.201. The average molecular weight is 433 g/mol. The van der Waals surface area contributed by atoms with E-state index in [1.54, 1.807) is 6.26 Å². The molecule has 32 heavy (non-hydrogen) atoms. The zero-order valence-corrected chi connectivity index (χ0v) is 17.9. The van der Waals surface area contributed by atoms with Crippen LogP contribution in [0.1, 0.15) is 28.8 Å². The molecule has 164 valence electrons. The first-order valence-corrected chi connectivity index (χ1v) is 10.8. The monoisotopic (exact) mass is 432 g/mol. The molecule has 1 aliphatic rings. The van der Waals surface area contributed by atoms with Gasteiger partial charge in [0.25, 0.3) is 0 Å². The predicted octanol–water partition coefficient (Wildman–Crippen LogP) is 3.67. The minimum absolute atomic E-state index is 0.0732. The van der Waals surface area contributed by atoms with Crippen molar-refractivity contribution in [2.24, 2.45) is 0 Å². The quantitative estimate of drug-likeness (QED) is 0.463. The fourth-order valence-corrected chi connectivity index (χ4v) is 4.23. The van der Waals surface area contributed by atoms with Gasteiger partial charge in [-0.2, -0.15) is 0 Å². The van der Waals surface area contributed by atoms with E-state index in [0.29, 0.717) is 6.54 Å². The van der Waals surface area contributed by atoms with Crippen molar-refractivity contribution < 1.29 is 8.81 Å². The van der Waals surface area contributed by atoms with Crippen molar-refractivity contribution in [1.82, 2.24) is 25.1 Å². The van der Waals surface area contributed by atoms with Crippen LogP contribution in [-0.2, 0) is 6.54 Å². The third kappa shape index (κ3) is 4.27. The summed E-state index contributed by atoms with van der Waals surface area (Å²) in [6.45, 7) is 5.92. The van der Waals surface area contributed by atoms with Gasteiger partial charge in [-0.05, 0) is 59.3 Å². The molecule has 1 fully saturated rings. The number of tetrazole rings is 1. The van der Waals surface area contributed by atoms with Crippen LogP contribution >= 0.6 is 0 Å². The van der Waals surface area contributed by atoms with Gasteiger partial charge in [-0.15, -0.1) is 5.10 Å². The molecule has 0 N–H and O–H groups in total. The number of benzene rings is 2. The van der Waals surface area contributed by atoms with Crippen molar-refractivity contribution in [2.45, 2.75) is 19.5 Å². The summed E-state index contributed by atoms with van der Waals surface area (Å²) in [6.07, 6.45) is 1.66. The van der Waals surface area contributed by atoms with Crippen molar-refractivity contribution in [3.63, 3.8) is 0 Å². The van der Waals surface area contributed by atoms with E-state index in [4.69, 9.17) is 4.42 Å². The summed E-state index contributed by atoms with van der Waals surface area (Å²) in [4.78, 5) is 4.70. The lowest BCUT2D eigenvalue weighted by Crippen LogP contribution is -2.48. The number of aryl methyl sites for hydroxylation is 1. The van der Waals surface area contributed by atoms with Crippen LogP contribution in [0.2, 0.25) is 0 Å². The summed E-state index contributed by atoms with van der Waals surface area (Å²) in [5.74, 6) is 1.39. The topological polar surface area (TPSA) is 63.2 Å². The van der Waals surface area contributed by atoms with Gasteiger partial charge in [0, 0.05) is 31.9 Å². The largest absolute Gasteiger partial charge is 0.467 e. The van der Waals surface area contributed by atoms with Crippen LogP contribution in [0.25, 0.3) is 0 Å². The summed E-state index contributed by atoms with van der Waals surface area (Å²) < 4.78 is 20.6. The smallest absolute Gasteiger partial charge is 0.173 e. The van der Waals surface area contributed by atoms with Gasteiger partial charge in [0.1, 0.15) is 18.1 Å². The van der Waals surface area contributed by atoms with Crippen molar-refractivity contribution >= 4 is 5.69 Å². The molecule has 7 nitrogen and oxygen atoms in total. The number of rotatable bonds is 6. The van der Waals surface area contributed by atoms with E-state index in [2.05, 4.69) is 56.5 Å². The molecule has 5 rings (SSSR count). The minimum Gasteiger partial charge on any atom is -0.467 e. The Hall–Kier alpha value is -3.52. The summed E-state index contributed by atoms with van der Waals surface area (Å²) in [7, 11) is 0. The molecule has 0 aliphatic carbocycles. The van der Waals surface area contributed by atoms with Gasteiger partial charge in [-0.3, -0.25) is 4.90 Å². The first-order chi connectivity index (χ1) is 15.7. The molecule has 3 heterocycles. The third-order valence-corrected chi connectivity index (χ3v) is 5.95. The van der Waals surface area contributed by atoms with Crippen LogP contribution in [0.5, 0.6) is 0 Å². The van der Waals surface area contributed by atoms with E-state index in [9.17, 15) is 4.39 Å². The molecule has 0 saturated carbocycles. The average Bonchev–Trinajstić information content (AvgIpc) is 3.49. The highest BCUT2D eigenvalue weighted by atomic mass is 19.1. The van der Waals surface area contributed by atoms with Crippen molar-refractivity contribution in [3.8, 4) is 0 Å². The van der Waals surface area contributed by atoms with Gasteiger partial charge >= 0.3 is 0 Å². The number of hydrogen-bond acceptors (Lipinski definition) is 6. The van der Waals surface area contributed by atoms with E-state index in [0.717, 1.165) is 49.0 Å². The molecular weight excluding hydrogens is 407 g/mol. The Morgan fingerprint density at radius 1 is 0.969 bits per heavy atom. The molecule has 1 saturated heterocycles. The Bertz CT molecular complexity index is 1130. The molecule has 0 amide bonds. The maximum Gasteiger partial charge on any atom is 0.173 e. The highest BCUT2D eigenvalue weighted by Gasteiger charge is 2.31. The van der Waals surface area contributed by atoms with E-state index >= 15 is 0 Å². The Balaban J connectivity index is 1.41. The fourth-order valence-electron chi connectivity index (χ4n) is 4.23. The molecule has 0 bridgehead atoms. The molecule has 2 aromatic heterocycles. The van der Waals surface area contributed by atoms with Crippen molar-refractivity contribution in [3.05, 3.63) is 95.5 Å². The summed E-state index contributed by atoms with van der Waals surface area (Å²) in [5, 5.41) is 12.6. The fraction of sp³-hybridized carbons (Fsp3) is 0.292. The number of piperazine rings is 1. The molecule has 0 radical (unpaired) electrons. The number of aromatic nitrogens is 4. The van der Waals surface area contributed by atoms with Crippen LogP contribution in [0.3, 0.4) is 0 Å². The zero-order valence-electron chi connectivity index (χ0n) is 17.9. The second-order valence-electron chi connectivity index (χ2n) is 8.09. The standard InChI is InChI=1S/C24H25FN6O/c1-18-4-6-19(7-5-18)23(24-26-27-28-31(24)17-22-3-2-16-32-22)30-14-12-29(13-15-30)21-10-8-20(25)9-11-21/h2-11,16,23H,12-15,17H2,1H3/t23-/m1/s1. The molecular formula is C24H25FN6O. The lowest BCUT2D eigenvalue weighted by atomic mass is 10.0. The van der Waals surface area contributed by atoms with Crippen LogP contribution in [0, 0.1) is 12.7 Å². The van der Waals surface area contributed by atoms with Crippen LogP contribution in [0.4, 0.5) is 10.1 Å². The predicted molar refractivity (Wildman–Crippen MR) is 119 cm³/mol. The molecule has 0 unspecified atom stereocenters. The molecule has 1 atom stereocenters. The van der Waals surface area contributed by atoms with Gasteiger partial charge in [-0.25, -0.2) is 9.07 Å². The molecule has 0 spiro atoms. The van der Waals surface area contributed by atoms with Gasteiger partial charge in [-0.1, -0.05) is 29.8 Å². The molecule has 4 aromatic rings. The molecule has 8 heteroatoms. The Labute approximate surface area is 186 Å². The van der Waals surface area contributed by atoms with Gasteiger partial charge < -0.3 is 9.32 Å². The summed E-state index contributed by atoms with van der Waals surface area (Å²) in [5.41, 5.74) is 3.41. The van der Waals surface area contributed by atoms with Crippen molar-refractivity contribution in [2.75, 3.05) is 31.1 Å². The number of anilines is 1. The maximum atomic E-state index is 13.3. The summed E-state index contributed by atoms with van der Waals surface area (Å²) in [6, 6.07) is 19.0. The molecule has 2 aromatic carbocycles. The zero-order chi connectivity index (χ0) is 21.9. The van der Waals surface area contributed by atoms with E-state index in [1.165, 1.54) is 17.7 Å². The maximum absolute atomic E-state index is 13.3. The number of furan rings is 1. The highest BCUT2D eigenvalue weighted by Crippen LogP contribution is 2.29. The highest BCUT2D eigenvalue weighted by molar-refractivity contribution is 5.46. The number of halogens is 1. The molecule has 1 aliphatic heterocycles. The second kappa shape index (κ2) is 8.92. The Kier molecular flexibility index (Phi) is 5.68. The van der Waals surface area contributed by atoms with Gasteiger partial charge in [0.05, 0.1) is 12.3 Å². The minimum atomic E-state index is -0.213. The Morgan fingerprint density at radius 2 is 1.72 bits per heavy atom. The van der Waals surface area contributed by atoms with E-state index < -0.39 is 0 Å². The summed E-state index contributed by atoms with van der Waals surface area (Å²) >= 11 is 0. The third-order valence-electron chi connectivity index (χ3n) is 5.95. The Morgan fingerprint density at radius 3 is 2.41 bits per heavy atom. The van der Waals surface area contributed by atoms with Crippen LogP contribution < -0.4 is 4.90 Å². The van der Waals surface area contributed by atoms with E-state index in [-0.39, 0.29) is 11.9 Å². The van der Waals surface area contributed by atoms with E-state index in [1.807, 2.05) is 28.9 Å².